The third kappa shape index (κ3) is 2.44. The summed E-state index contributed by atoms with van der Waals surface area (Å²) < 4.78 is 0. The molecule has 2 aromatic carbocycles. The Labute approximate surface area is 124 Å². The summed E-state index contributed by atoms with van der Waals surface area (Å²) in [5.74, 6) is 0.271. The molecule has 1 amide bonds. The second kappa shape index (κ2) is 5.48. The minimum Gasteiger partial charge on any atom is -0.508 e. The molecule has 4 nitrogen and oxygen atoms in total. The topological polar surface area (TPSA) is 52.6 Å². The molecule has 0 aliphatic carbocycles. The van der Waals surface area contributed by atoms with Gasteiger partial charge < -0.3 is 15.3 Å². The zero-order valence-electron chi connectivity index (χ0n) is 11.9. The van der Waals surface area contributed by atoms with Crippen LogP contribution in [0.3, 0.4) is 0 Å². The summed E-state index contributed by atoms with van der Waals surface area (Å²) in [7, 11) is 0. The monoisotopic (exact) mass is 282 g/mol. The largest absolute Gasteiger partial charge is 0.508 e. The minimum atomic E-state index is -0.201. The molecule has 0 fully saturated rings. The van der Waals surface area contributed by atoms with E-state index in [0.29, 0.717) is 12.1 Å². The number of nitrogens with one attached hydrogen (secondary N) is 1. The van der Waals surface area contributed by atoms with Crippen molar-refractivity contribution >= 4 is 11.6 Å². The lowest BCUT2D eigenvalue weighted by molar-refractivity contribution is 0.0683. The molecule has 108 valence electrons. The van der Waals surface area contributed by atoms with E-state index in [1.165, 1.54) is 0 Å². The summed E-state index contributed by atoms with van der Waals surface area (Å²) in [5.41, 5.74) is 2.53. The number of para-hydroxylation sites is 1. The molecule has 0 spiro atoms. The quantitative estimate of drug-likeness (QED) is 0.907. The number of hydrogen-bond acceptors (Lipinski definition) is 3. The Kier molecular flexibility index (Phi) is 3.52. The van der Waals surface area contributed by atoms with Gasteiger partial charge >= 0.3 is 0 Å². The molecular weight excluding hydrogens is 264 g/mol. The van der Waals surface area contributed by atoms with E-state index >= 15 is 0 Å². The Bertz CT molecular complexity index is 652. The average Bonchev–Trinajstić information content (AvgIpc) is 2.51. The highest BCUT2D eigenvalue weighted by atomic mass is 16.3. The molecule has 1 aliphatic heterocycles. The molecule has 1 atom stereocenters. The van der Waals surface area contributed by atoms with Gasteiger partial charge in [-0.1, -0.05) is 31.2 Å². The molecule has 0 unspecified atom stereocenters. The molecule has 21 heavy (non-hydrogen) atoms. The highest BCUT2D eigenvalue weighted by molar-refractivity contribution is 6.01. The summed E-state index contributed by atoms with van der Waals surface area (Å²) in [6, 6.07) is 14.5. The van der Waals surface area contributed by atoms with Gasteiger partial charge in [0.15, 0.2) is 0 Å². The molecule has 4 heteroatoms. The second-order valence-corrected chi connectivity index (χ2v) is 5.18. The van der Waals surface area contributed by atoms with Crippen molar-refractivity contribution in [3.63, 3.8) is 0 Å². The van der Waals surface area contributed by atoms with Crippen LogP contribution in [0, 0.1) is 0 Å². The summed E-state index contributed by atoms with van der Waals surface area (Å²) in [5, 5.41) is 12.9. The normalized spacial score (nSPS) is 17.3. The number of nitrogens with zero attached hydrogens (tertiary/aromatic N) is 1. The van der Waals surface area contributed by atoms with E-state index < -0.39 is 0 Å². The fourth-order valence-electron chi connectivity index (χ4n) is 2.68. The Hall–Kier alpha value is -2.49. The van der Waals surface area contributed by atoms with Crippen molar-refractivity contribution < 1.29 is 9.90 Å². The van der Waals surface area contributed by atoms with Gasteiger partial charge in [0.05, 0.1) is 5.56 Å². The molecule has 1 heterocycles. The van der Waals surface area contributed by atoms with Crippen LogP contribution in [0.25, 0.3) is 0 Å². The molecule has 0 saturated carbocycles. The van der Waals surface area contributed by atoms with Gasteiger partial charge in [-0.05, 0) is 36.2 Å². The maximum absolute atomic E-state index is 12.7. The number of hydrogen-bond donors (Lipinski definition) is 2. The lowest BCUT2D eigenvalue weighted by atomic mass is 10.0. The van der Waals surface area contributed by atoms with Gasteiger partial charge in [-0.3, -0.25) is 4.79 Å². The fourth-order valence-corrected chi connectivity index (χ4v) is 2.68. The lowest BCUT2D eigenvalue weighted by Gasteiger charge is -2.38. The predicted molar refractivity (Wildman–Crippen MR) is 82.2 cm³/mol. The maximum atomic E-state index is 12.7. The first kappa shape index (κ1) is 13.5. The Morgan fingerprint density at radius 3 is 2.57 bits per heavy atom. The van der Waals surface area contributed by atoms with Gasteiger partial charge in [0, 0.05) is 12.2 Å². The first-order valence-electron chi connectivity index (χ1n) is 7.16. The Morgan fingerprint density at radius 2 is 1.86 bits per heavy atom. The van der Waals surface area contributed by atoms with Crippen LogP contribution < -0.4 is 5.32 Å². The number of phenolic OH excluding ortho intramolecular Hbond substituents is 1. The molecule has 0 aromatic heterocycles. The van der Waals surface area contributed by atoms with Crippen LogP contribution in [-0.4, -0.2) is 22.5 Å². The van der Waals surface area contributed by atoms with Crippen molar-refractivity contribution in [1.82, 2.24) is 4.90 Å². The summed E-state index contributed by atoms with van der Waals surface area (Å²) in [4.78, 5) is 14.5. The molecule has 2 N–H and O–H groups in total. The van der Waals surface area contributed by atoms with Gasteiger partial charge in [0.1, 0.15) is 11.9 Å². The number of fused-ring (bicyclic) bond motifs is 1. The molecule has 0 saturated heterocycles. The van der Waals surface area contributed by atoms with Gasteiger partial charge in [-0.15, -0.1) is 0 Å². The molecule has 1 aliphatic rings. The molecule has 0 bridgehead atoms. The zero-order valence-corrected chi connectivity index (χ0v) is 11.9. The maximum Gasteiger partial charge on any atom is 0.257 e. The minimum absolute atomic E-state index is 0.0456. The van der Waals surface area contributed by atoms with Crippen LogP contribution in [0.5, 0.6) is 5.75 Å². The Balaban J connectivity index is 2.02. The summed E-state index contributed by atoms with van der Waals surface area (Å²) in [6.45, 7) is 2.74. The number of aromatic hydroxyl groups is 1. The summed E-state index contributed by atoms with van der Waals surface area (Å²) in [6.07, 6.45) is 0.692. The van der Waals surface area contributed by atoms with E-state index in [2.05, 4.69) is 12.2 Å². The number of carbonyl (C=O) groups excluding carboxylic acids is 1. The van der Waals surface area contributed by atoms with Crippen molar-refractivity contribution in [1.29, 1.82) is 0 Å². The van der Waals surface area contributed by atoms with Crippen LogP contribution in [-0.2, 0) is 0 Å². The van der Waals surface area contributed by atoms with Gasteiger partial charge in [-0.25, -0.2) is 0 Å². The summed E-state index contributed by atoms with van der Waals surface area (Å²) >= 11 is 0. The van der Waals surface area contributed by atoms with E-state index in [9.17, 15) is 9.90 Å². The highest BCUT2D eigenvalue weighted by Gasteiger charge is 2.31. The number of amides is 1. The standard InChI is InChI=1S/C17H18N2O2/c1-2-11-19-16(12-7-9-13(20)10-8-12)18-15-6-4-3-5-14(15)17(19)21/h3-10,16,18,20H,2,11H2,1H3/t16-/m1/s1. The molecule has 2 aromatic rings. The van der Waals surface area contributed by atoms with E-state index in [-0.39, 0.29) is 17.8 Å². The third-order valence-electron chi connectivity index (χ3n) is 3.70. The third-order valence-corrected chi connectivity index (χ3v) is 3.70. The molecular formula is C17H18N2O2. The van der Waals surface area contributed by atoms with Crippen LogP contribution in [0.4, 0.5) is 5.69 Å². The van der Waals surface area contributed by atoms with Crippen molar-refractivity contribution in [3.8, 4) is 5.75 Å². The van der Waals surface area contributed by atoms with E-state index in [1.54, 1.807) is 12.1 Å². The van der Waals surface area contributed by atoms with Gasteiger partial charge in [-0.2, -0.15) is 0 Å². The fraction of sp³-hybridized carbons (Fsp3) is 0.235. The highest BCUT2D eigenvalue weighted by Crippen LogP contribution is 2.33. The van der Waals surface area contributed by atoms with Crippen LogP contribution >= 0.6 is 0 Å². The van der Waals surface area contributed by atoms with Gasteiger partial charge in [0.25, 0.3) is 5.91 Å². The van der Waals surface area contributed by atoms with Gasteiger partial charge in [0.2, 0.25) is 0 Å². The number of anilines is 1. The van der Waals surface area contributed by atoms with Crippen molar-refractivity contribution in [2.24, 2.45) is 0 Å². The Morgan fingerprint density at radius 1 is 1.14 bits per heavy atom. The second-order valence-electron chi connectivity index (χ2n) is 5.18. The van der Waals surface area contributed by atoms with Crippen molar-refractivity contribution in [2.45, 2.75) is 19.5 Å². The SMILES string of the molecule is CCCN1C(=O)c2ccccc2N[C@H]1c1ccc(O)cc1. The average molecular weight is 282 g/mol. The van der Waals surface area contributed by atoms with E-state index in [4.69, 9.17) is 0 Å². The number of carbonyl (C=O) groups is 1. The number of benzene rings is 2. The lowest BCUT2D eigenvalue weighted by Crippen LogP contribution is -2.43. The molecule has 3 rings (SSSR count). The van der Waals surface area contributed by atoms with Crippen LogP contribution in [0.1, 0.15) is 35.4 Å². The van der Waals surface area contributed by atoms with Crippen molar-refractivity contribution in [2.75, 3.05) is 11.9 Å². The number of phenols is 1. The van der Waals surface area contributed by atoms with Crippen LogP contribution in [0.2, 0.25) is 0 Å². The first-order chi connectivity index (χ1) is 10.2. The van der Waals surface area contributed by atoms with Crippen molar-refractivity contribution in [3.05, 3.63) is 59.7 Å². The number of rotatable bonds is 3. The molecule has 0 radical (unpaired) electrons. The van der Waals surface area contributed by atoms with Crippen LogP contribution in [0.15, 0.2) is 48.5 Å². The zero-order chi connectivity index (χ0) is 14.8. The first-order valence-corrected chi connectivity index (χ1v) is 7.16. The van der Waals surface area contributed by atoms with E-state index in [1.807, 2.05) is 41.3 Å². The smallest absolute Gasteiger partial charge is 0.257 e. The predicted octanol–water partition coefficient (Wildman–Crippen LogP) is 3.37. The van der Waals surface area contributed by atoms with E-state index in [0.717, 1.165) is 17.7 Å².